The van der Waals surface area contributed by atoms with Crippen molar-refractivity contribution in [1.29, 1.82) is 0 Å². The Morgan fingerprint density at radius 1 is 1.19 bits per heavy atom. The Bertz CT molecular complexity index is 535. The lowest BCUT2D eigenvalue weighted by Gasteiger charge is -2.44. The minimum atomic E-state index is -0.895. The van der Waals surface area contributed by atoms with Crippen molar-refractivity contribution in [2.24, 2.45) is 0 Å². The lowest BCUT2D eigenvalue weighted by molar-refractivity contribution is -0.140. The van der Waals surface area contributed by atoms with Gasteiger partial charge in [-0.1, -0.05) is 31.4 Å². The zero-order valence-corrected chi connectivity index (χ0v) is 12.2. The second-order valence-corrected chi connectivity index (χ2v) is 5.74. The van der Waals surface area contributed by atoms with Gasteiger partial charge in [0.1, 0.15) is 5.75 Å². The molecule has 2 rings (SSSR count). The summed E-state index contributed by atoms with van der Waals surface area (Å²) in [4.78, 5) is 25.4. The second kappa shape index (κ2) is 6.16. The molecule has 0 saturated heterocycles. The zero-order chi connectivity index (χ0) is 15.5. The van der Waals surface area contributed by atoms with Crippen molar-refractivity contribution in [2.45, 2.75) is 44.1 Å². The number of hydrogen-bond donors (Lipinski definition) is 2. The Morgan fingerprint density at radius 3 is 2.38 bits per heavy atom. The molecular weight excluding hydrogens is 270 g/mol. The highest BCUT2D eigenvalue weighted by Gasteiger charge is 2.41. The maximum absolute atomic E-state index is 12.6. The van der Waals surface area contributed by atoms with E-state index in [1.165, 1.54) is 11.0 Å². The van der Waals surface area contributed by atoms with Crippen LogP contribution in [-0.2, 0) is 4.79 Å². The van der Waals surface area contributed by atoms with E-state index in [1.54, 1.807) is 25.2 Å². The summed E-state index contributed by atoms with van der Waals surface area (Å²) in [7, 11) is 1.64. The number of phenols is 1. The summed E-state index contributed by atoms with van der Waals surface area (Å²) in [6.45, 7) is 0. The lowest BCUT2D eigenvalue weighted by Crippen LogP contribution is -2.52. The Hall–Kier alpha value is -2.04. The quantitative estimate of drug-likeness (QED) is 0.894. The number of benzene rings is 1. The van der Waals surface area contributed by atoms with Gasteiger partial charge < -0.3 is 15.1 Å². The van der Waals surface area contributed by atoms with Crippen LogP contribution in [0.4, 0.5) is 0 Å². The number of para-hydroxylation sites is 1. The van der Waals surface area contributed by atoms with Crippen LogP contribution in [0.5, 0.6) is 5.75 Å². The molecule has 0 radical (unpaired) electrons. The van der Waals surface area contributed by atoms with Gasteiger partial charge in [0.05, 0.1) is 17.5 Å². The largest absolute Gasteiger partial charge is 0.507 e. The van der Waals surface area contributed by atoms with E-state index in [9.17, 15) is 19.8 Å². The number of aromatic hydroxyl groups is 1. The number of rotatable bonds is 4. The van der Waals surface area contributed by atoms with Gasteiger partial charge >= 0.3 is 5.97 Å². The normalized spacial score (nSPS) is 17.2. The van der Waals surface area contributed by atoms with E-state index in [4.69, 9.17) is 0 Å². The van der Waals surface area contributed by atoms with E-state index in [1.807, 2.05) is 0 Å². The summed E-state index contributed by atoms with van der Waals surface area (Å²) in [5.74, 6) is -1.29. The highest BCUT2D eigenvalue weighted by molar-refractivity contribution is 5.97. The lowest BCUT2D eigenvalue weighted by atomic mass is 9.78. The fourth-order valence-corrected chi connectivity index (χ4v) is 3.17. The third-order valence-corrected chi connectivity index (χ3v) is 4.42. The summed E-state index contributed by atoms with van der Waals surface area (Å²) in [5, 5.41) is 19.0. The van der Waals surface area contributed by atoms with Gasteiger partial charge in [0, 0.05) is 7.05 Å². The van der Waals surface area contributed by atoms with Crippen molar-refractivity contribution in [3.05, 3.63) is 29.8 Å². The minimum absolute atomic E-state index is 0.0527. The van der Waals surface area contributed by atoms with Crippen molar-refractivity contribution >= 4 is 11.9 Å². The Morgan fingerprint density at radius 2 is 1.81 bits per heavy atom. The van der Waals surface area contributed by atoms with Crippen molar-refractivity contribution in [3.63, 3.8) is 0 Å². The van der Waals surface area contributed by atoms with E-state index < -0.39 is 11.5 Å². The predicted octanol–water partition coefficient (Wildman–Crippen LogP) is 2.64. The Balaban J connectivity index is 2.29. The van der Waals surface area contributed by atoms with Crippen molar-refractivity contribution in [3.8, 4) is 5.75 Å². The standard InChI is InChI=1S/C16H21NO4/c1-17(15(21)12-7-3-4-8-13(12)18)16(11-14(19)20)9-5-2-6-10-16/h3-4,7-8,18H,2,5-6,9-11H2,1H3,(H,19,20). The first-order valence-corrected chi connectivity index (χ1v) is 7.24. The molecule has 1 saturated carbocycles. The molecule has 21 heavy (non-hydrogen) atoms. The molecule has 5 heteroatoms. The third-order valence-electron chi connectivity index (χ3n) is 4.42. The number of carbonyl (C=O) groups is 2. The molecule has 0 spiro atoms. The minimum Gasteiger partial charge on any atom is -0.507 e. The first-order valence-electron chi connectivity index (χ1n) is 7.24. The molecule has 1 aliphatic rings. The SMILES string of the molecule is CN(C(=O)c1ccccc1O)C1(CC(=O)O)CCCCC1. The number of aliphatic carboxylic acids is 1. The Labute approximate surface area is 124 Å². The average Bonchev–Trinajstić information content (AvgIpc) is 2.46. The van der Waals surface area contributed by atoms with Gasteiger partial charge in [0.2, 0.25) is 0 Å². The smallest absolute Gasteiger partial charge is 0.305 e. The van der Waals surface area contributed by atoms with Crippen LogP contribution in [0.2, 0.25) is 0 Å². The van der Waals surface area contributed by atoms with Gasteiger partial charge in [-0.3, -0.25) is 9.59 Å². The molecule has 114 valence electrons. The van der Waals surface area contributed by atoms with Gasteiger partial charge in [-0.2, -0.15) is 0 Å². The van der Waals surface area contributed by atoms with E-state index in [0.29, 0.717) is 12.8 Å². The number of hydrogen-bond acceptors (Lipinski definition) is 3. The summed E-state index contributed by atoms with van der Waals surface area (Å²) in [6, 6.07) is 6.36. The van der Waals surface area contributed by atoms with Crippen molar-refractivity contribution < 1.29 is 19.8 Å². The number of amides is 1. The molecule has 1 aliphatic carbocycles. The van der Waals surface area contributed by atoms with E-state index in [0.717, 1.165) is 19.3 Å². The monoisotopic (exact) mass is 291 g/mol. The molecule has 0 bridgehead atoms. The average molecular weight is 291 g/mol. The van der Waals surface area contributed by atoms with Crippen LogP contribution < -0.4 is 0 Å². The van der Waals surface area contributed by atoms with Gasteiger partial charge in [0.25, 0.3) is 5.91 Å². The molecule has 0 aromatic heterocycles. The Kier molecular flexibility index (Phi) is 4.50. The number of carboxylic acid groups (broad SMARTS) is 1. The van der Waals surface area contributed by atoms with Crippen LogP contribution in [0.15, 0.2) is 24.3 Å². The molecule has 0 atom stereocenters. The van der Waals surface area contributed by atoms with Gasteiger partial charge in [0.15, 0.2) is 0 Å². The van der Waals surface area contributed by atoms with Crippen LogP contribution in [0.25, 0.3) is 0 Å². The van der Waals surface area contributed by atoms with E-state index in [2.05, 4.69) is 0 Å². The summed E-state index contributed by atoms with van der Waals surface area (Å²) in [5.41, 5.74) is -0.431. The first kappa shape index (κ1) is 15.4. The number of carbonyl (C=O) groups excluding carboxylic acids is 1. The molecule has 0 heterocycles. The van der Waals surface area contributed by atoms with E-state index >= 15 is 0 Å². The zero-order valence-electron chi connectivity index (χ0n) is 12.2. The third kappa shape index (κ3) is 3.17. The molecular formula is C16H21NO4. The van der Waals surface area contributed by atoms with E-state index in [-0.39, 0.29) is 23.6 Å². The van der Waals surface area contributed by atoms with Crippen LogP contribution in [0.3, 0.4) is 0 Å². The number of phenolic OH excluding ortho intramolecular Hbond substituents is 1. The molecule has 1 aromatic rings. The van der Waals surface area contributed by atoms with Crippen molar-refractivity contribution in [2.75, 3.05) is 7.05 Å². The predicted molar refractivity (Wildman–Crippen MR) is 78.3 cm³/mol. The molecule has 1 fully saturated rings. The van der Waals surface area contributed by atoms with Gasteiger partial charge in [-0.15, -0.1) is 0 Å². The summed E-state index contributed by atoms with van der Waals surface area (Å²) < 4.78 is 0. The fraction of sp³-hybridized carbons (Fsp3) is 0.500. The highest BCUT2D eigenvalue weighted by atomic mass is 16.4. The molecule has 1 amide bonds. The van der Waals surface area contributed by atoms with Crippen LogP contribution in [-0.4, -0.2) is 39.6 Å². The maximum atomic E-state index is 12.6. The van der Waals surface area contributed by atoms with Gasteiger partial charge in [-0.25, -0.2) is 0 Å². The number of nitrogens with zero attached hydrogens (tertiary/aromatic N) is 1. The van der Waals surface area contributed by atoms with Crippen LogP contribution in [0.1, 0.15) is 48.9 Å². The van der Waals surface area contributed by atoms with Crippen LogP contribution in [0, 0.1) is 0 Å². The van der Waals surface area contributed by atoms with Crippen LogP contribution >= 0.6 is 0 Å². The molecule has 1 aromatic carbocycles. The second-order valence-electron chi connectivity index (χ2n) is 5.74. The van der Waals surface area contributed by atoms with Gasteiger partial charge in [-0.05, 0) is 25.0 Å². The topological polar surface area (TPSA) is 77.8 Å². The fourth-order valence-electron chi connectivity index (χ4n) is 3.17. The number of carboxylic acids is 1. The summed E-state index contributed by atoms with van der Waals surface area (Å²) in [6.07, 6.45) is 4.24. The molecule has 5 nitrogen and oxygen atoms in total. The van der Waals surface area contributed by atoms with Crippen molar-refractivity contribution in [1.82, 2.24) is 4.90 Å². The molecule has 0 aliphatic heterocycles. The molecule has 0 unspecified atom stereocenters. The summed E-state index contributed by atoms with van der Waals surface area (Å²) >= 11 is 0. The molecule has 2 N–H and O–H groups in total. The first-order chi connectivity index (χ1) is 9.96. The highest BCUT2D eigenvalue weighted by Crippen LogP contribution is 2.37. The maximum Gasteiger partial charge on any atom is 0.305 e.